The van der Waals surface area contributed by atoms with Gasteiger partial charge in [0, 0.05) is 32.1 Å². The van der Waals surface area contributed by atoms with Crippen LogP contribution in [0.3, 0.4) is 0 Å². The largest absolute Gasteiger partial charge is 0.293 e. The van der Waals surface area contributed by atoms with Gasteiger partial charge in [-0.3, -0.25) is 9.99 Å². The molecule has 1 aliphatic heterocycles. The molecule has 2 heterocycles. The summed E-state index contributed by atoms with van der Waals surface area (Å²) >= 11 is 0. The molecule has 0 saturated carbocycles. The Labute approximate surface area is 71.7 Å². The normalized spacial score (nSPS) is 21.8. The van der Waals surface area contributed by atoms with E-state index in [4.69, 9.17) is 0 Å². The van der Waals surface area contributed by atoms with Gasteiger partial charge in [-0.2, -0.15) is 5.10 Å². The zero-order chi connectivity index (χ0) is 8.39. The topological polar surface area (TPSA) is 28.5 Å². The van der Waals surface area contributed by atoms with Crippen LogP contribution >= 0.6 is 0 Å². The lowest BCUT2D eigenvalue weighted by atomic mass is 10.1. The van der Waals surface area contributed by atoms with Gasteiger partial charge in [-0.25, -0.2) is 0 Å². The average Bonchev–Trinajstić information content (AvgIpc) is 2.53. The van der Waals surface area contributed by atoms with Gasteiger partial charge >= 0.3 is 0 Å². The third-order valence-corrected chi connectivity index (χ3v) is 2.13. The van der Waals surface area contributed by atoms with Gasteiger partial charge in [0.05, 0.1) is 6.04 Å². The average molecular weight is 161 g/mol. The van der Waals surface area contributed by atoms with E-state index < -0.39 is 0 Å². The lowest BCUT2D eigenvalue weighted by Crippen LogP contribution is -2.13. The lowest BCUT2D eigenvalue weighted by Gasteiger charge is -2.18. The van der Waals surface area contributed by atoms with E-state index in [1.54, 1.807) is 0 Å². The molecule has 2 rings (SSSR count). The zero-order valence-corrected chi connectivity index (χ0v) is 7.01. The lowest BCUT2D eigenvalue weighted by molar-refractivity contribution is 0.290. The highest BCUT2D eigenvalue weighted by atomic mass is 15.5. The van der Waals surface area contributed by atoms with Crippen molar-refractivity contribution in [1.82, 2.24) is 9.99 Å². The van der Waals surface area contributed by atoms with Crippen molar-refractivity contribution >= 4 is 6.21 Å². The maximum Gasteiger partial charge on any atom is 0.0767 e. The molecule has 0 radical (unpaired) electrons. The highest BCUT2D eigenvalue weighted by molar-refractivity contribution is 5.60. The number of rotatable bonds is 1. The Hall–Kier alpha value is -1.38. The van der Waals surface area contributed by atoms with Gasteiger partial charge in [-0.1, -0.05) is 0 Å². The van der Waals surface area contributed by atoms with Crippen LogP contribution in [0.2, 0.25) is 0 Å². The van der Waals surface area contributed by atoms with E-state index in [0.717, 1.165) is 6.42 Å². The monoisotopic (exact) mass is 161 g/mol. The van der Waals surface area contributed by atoms with Crippen molar-refractivity contribution in [3.8, 4) is 0 Å². The molecule has 1 aromatic rings. The van der Waals surface area contributed by atoms with Gasteiger partial charge in [0.1, 0.15) is 0 Å². The second-order valence-corrected chi connectivity index (χ2v) is 2.90. The van der Waals surface area contributed by atoms with Crippen LogP contribution in [0.25, 0.3) is 0 Å². The minimum Gasteiger partial charge on any atom is -0.293 e. The highest BCUT2D eigenvalue weighted by Crippen LogP contribution is 2.25. The van der Waals surface area contributed by atoms with Crippen LogP contribution in [0.1, 0.15) is 18.0 Å². The standard InChI is InChI=1S/C9H11N3/c1-12-9(4-7-11-12)8-2-5-10-6-3-8/h2-3,5-7,9H,4H2,1H3. The molecule has 1 unspecified atom stereocenters. The fourth-order valence-corrected chi connectivity index (χ4v) is 1.45. The van der Waals surface area contributed by atoms with Crippen LogP contribution in [0.4, 0.5) is 0 Å². The van der Waals surface area contributed by atoms with Gasteiger partial charge in [-0.15, -0.1) is 0 Å². The van der Waals surface area contributed by atoms with E-state index in [1.165, 1.54) is 5.56 Å². The Bertz CT molecular complexity index is 281. The third-order valence-electron chi connectivity index (χ3n) is 2.13. The molecular formula is C9H11N3. The summed E-state index contributed by atoms with van der Waals surface area (Å²) in [6.45, 7) is 0. The quantitative estimate of drug-likeness (QED) is 0.623. The molecule has 0 aliphatic carbocycles. The molecule has 1 atom stereocenters. The summed E-state index contributed by atoms with van der Waals surface area (Å²) in [7, 11) is 1.99. The summed E-state index contributed by atoms with van der Waals surface area (Å²) in [5.41, 5.74) is 1.28. The van der Waals surface area contributed by atoms with Crippen LogP contribution in [0.15, 0.2) is 29.6 Å². The minimum atomic E-state index is 0.410. The summed E-state index contributed by atoms with van der Waals surface area (Å²) < 4.78 is 0. The van der Waals surface area contributed by atoms with Crippen molar-refractivity contribution < 1.29 is 0 Å². The van der Waals surface area contributed by atoms with Crippen molar-refractivity contribution in [3.63, 3.8) is 0 Å². The van der Waals surface area contributed by atoms with Crippen LogP contribution in [0, 0.1) is 0 Å². The molecule has 0 amide bonds. The van der Waals surface area contributed by atoms with E-state index in [9.17, 15) is 0 Å². The van der Waals surface area contributed by atoms with Gasteiger partial charge in [0.25, 0.3) is 0 Å². The second kappa shape index (κ2) is 2.93. The number of hydrogen-bond donors (Lipinski definition) is 0. The van der Waals surface area contributed by atoms with Crippen molar-refractivity contribution in [2.75, 3.05) is 7.05 Å². The van der Waals surface area contributed by atoms with Crippen molar-refractivity contribution in [1.29, 1.82) is 0 Å². The van der Waals surface area contributed by atoms with Crippen molar-refractivity contribution in [2.45, 2.75) is 12.5 Å². The maximum atomic E-state index is 4.18. The van der Waals surface area contributed by atoms with Crippen LogP contribution < -0.4 is 0 Å². The first-order valence-electron chi connectivity index (χ1n) is 4.03. The predicted molar refractivity (Wildman–Crippen MR) is 47.9 cm³/mol. The Kier molecular flexibility index (Phi) is 1.78. The minimum absolute atomic E-state index is 0.410. The van der Waals surface area contributed by atoms with Gasteiger partial charge < -0.3 is 0 Å². The fourth-order valence-electron chi connectivity index (χ4n) is 1.45. The van der Waals surface area contributed by atoms with Crippen LogP contribution in [0.5, 0.6) is 0 Å². The molecule has 0 fully saturated rings. The summed E-state index contributed by atoms with van der Waals surface area (Å²) in [5.74, 6) is 0. The Morgan fingerprint density at radius 2 is 2.17 bits per heavy atom. The Morgan fingerprint density at radius 3 is 2.75 bits per heavy atom. The number of hydrogen-bond acceptors (Lipinski definition) is 3. The maximum absolute atomic E-state index is 4.18. The Balaban J connectivity index is 2.22. The number of hydrazone groups is 1. The zero-order valence-electron chi connectivity index (χ0n) is 7.01. The molecule has 1 aromatic heterocycles. The summed E-state index contributed by atoms with van der Waals surface area (Å²) in [4.78, 5) is 3.98. The molecule has 0 bridgehead atoms. The van der Waals surface area contributed by atoms with Gasteiger partial charge in [0.2, 0.25) is 0 Å². The molecule has 0 spiro atoms. The van der Waals surface area contributed by atoms with E-state index in [1.807, 2.05) is 42.8 Å². The summed E-state index contributed by atoms with van der Waals surface area (Å²) in [5, 5.41) is 6.16. The number of nitrogens with zero attached hydrogens (tertiary/aromatic N) is 3. The number of pyridine rings is 1. The molecule has 0 aromatic carbocycles. The van der Waals surface area contributed by atoms with Crippen LogP contribution in [-0.2, 0) is 0 Å². The van der Waals surface area contributed by atoms with E-state index >= 15 is 0 Å². The smallest absolute Gasteiger partial charge is 0.0767 e. The first kappa shape index (κ1) is 7.28. The number of aromatic nitrogens is 1. The van der Waals surface area contributed by atoms with Gasteiger partial charge in [0.15, 0.2) is 0 Å². The molecule has 0 N–H and O–H groups in total. The summed E-state index contributed by atoms with van der Waals surface area (Å²) in [6, 6.07) is 4.49. The Morgan fingerprint density at radius 1 is 1.42 bits per heavy atom. The van der Waals surface area contributed by atoms with Crippen molar-refractivity contribution in [2.24, 2.45) is 5.10 Å². The second-order valence-electron chi connectivity index (χ2n) is 2.90. The molecule has 1 aliphatic rings. The van der Waals surface area contributed by atoms with E-state index in [-0.39, 0.29) is 0 Å². The third kappa shape index (κ3) is 1.18. The molecule has 12 heavy (non-hydrogen) atoms. The molecule has 0 saturated heterocycles. The first-order valence-corrected chi connectivity index (χ1v) is 4.03. The molecule has 3 nitrogen and oxygen atoms in total. The molecular weight excluding hydrogens is 150 g/mol. The van der Waals surface area contributed by atoms with Gasteiger partial charge in [-0.05, 0) is 17.7 Å². The molecule has 3 heteroatoms. The highest BCUT2D eigenvalue weighted by Gasteiger charge is 2.18. The first-order chi connectivity index (χ1) is 5.88. The van der Waals surface area contributed by atoms with E-state index in [0.29, 0.717) is 6.04 Å². The fraction of sp³-hybridized carbons (Fsp3) is 0.333. The predicted octanol–water partition coefficient (Wildman–Crippen LogP) is 1.44. The molecule has 62 valence electrons. The van der Waals surface area contributed by atoms with Crippen molar-refractivity contribution in [3.05, 3.63) is 30.1 Å². The van der Waals surface area contributed by atoms with Crippen LogP contribution in [-0.4, -0.2) is 23.3 Å². The SMILES string of the molecule is CN1N=CCC1c1ccncc1. The summed E-state index contributed by atoms with van der Waals surface area (Å²) in [6.07, 6.45) is 6.59. The van der Waals surface area contributed by atoms with E-state index in [2.05, 4.69) is 10.1 Å².